The summed E-state index contributed by atoms with van der Waals surface area (Å²) < 4.78 is 11.0. The standard InChI is InChI=1S/C22H33NO2/c1-4-24-15-16-25-14-13-23-11-9-18(10-12-23)21-20-8-6-5-7-19(20)17-22(21,2)3/h5-8H,4,9-17H2,1-3H3. The van der Waals surface area contributed by atoms with Crippen molar-refractivity contribution in [3.63, 3.8) is 0 Å². The average Bonchev–Trinajstić information content (AvgIpc) is 2.88. The van der Waals surface area contributed by atoms with Gasteiger partial charge in [0.25, 0.3) is 0 Å². The van der Waals surface area contributed by atoms with Crippen molar-refractivity contribution in [3.05, 3.63) is 41.0 Å². The minimum absolute atomic E-state index is 0.281. The zero-order valence-corrected chi connectivity index (χ0v) is 16.1. The number of piperidine rings is 1. The Morgan fingerprint density at radius 1 is 1.00 bits per heavy atom. The van der Waals surface area contributed by atoms with Crippen LogP contribution in [0.5, 0.6) is 0 Å². The molecular formula is C22H33NO2. The first-order valence-corrected chi connectivity index (χ1v) is 9.80. The van der Waals surface area contributed by atoms with Gasteiger partial charge in [0.1, 0.15) is 0 Å². The van der Waals surface area contributed by atoms with Crippen LogP contribution in [-0.4, -0.2) is 51.0 Å². The van der Waals surface area contributed by atoms with E-state index in [0.29, 0.717) is 13.2 Å². The van der Waals surface area contributed by atoms with Gasteiger partial charge >= 0.3 is 0 Å². The minimum atomic E-state index is 0.281. The monoisotopic (exact) mass is 343 g/mol. The number of likely N-dealkylation sites (tertiary alicyclic amines) is 1. The molecule has 0 atom stereocenters. The molecule has 1 aliphatic carbocycles. The molecule has 1 aromatic rings. The molecule has 0 spiro atoms. The Balaban J connectivity index is 1.54. The van der Waals surface area contributed by atoms with Gasteiger partial charge in [0.05, 0.1) is 19.8 Å². The predicted octanol–water partition coefficient (Wildman–Crippen LogP) is 4.17. The largest absolute Gasteiger partial charge is 0.379 e. The quantitative estimate of drug-likeness (QED) is 0.694. The van der Waals surface area contributed by atoms with Gasteiger partial charge in [0, 0.05) is 26.2 Å². The summed E-state index contributed by atoms with van der Waals surface area (Å²) in [5.74, 6) is 0. The van der Waals surface area contributed by atoms with E-state index < -0.39 is 0 Å². The summed E-state index contributed by atoms with van der Waals surface area (Å²) in [7, 11) is 0. The molecule has 0 saturated carbocycles. The van der Waals surface area contributed by atoms with E-state index in [1.807, 2.05) is 6.92 Å². The third kappa shape index (κ3) is 4.52. The Bertz CT molecular complexity index is 596. The van der Waals surface area contributed by atoms with E-state index in [1.54, 1.807) is 11.1 Å². The van der Waals surface area contributed by atoms with Gasteiger partial charge < -0.3 is 14.4 Å². The second kappa shape index (κ2) is 8.48. The van der Waals surface area contributed by atoms with Crippen LogP contribution in [0.1, 0.15) is 44.7 Å². The SMILES string of the molecule is CCOCCOCCN1CCC(=C2c3ccccc3CC2(C)C)CC1. The molecule has 0 N–H and O–H groups in total. The third-order valence-electron chi connectivity index (χ3n) is 5.54. The van der Waals surface area contributed by atoms with Gasteiger partial charge in [0.15, 0.2) is 0 Å². The average molecular weight is 344 g/mol. The van der Waals surface area contributed by atoms with Crippen molar-refractivity contribution in [1.82, 2.24) is 4.90 Å². The van der Waals surface area contributed by atoms with E-state index in [0.717, 1.165) is 32.8 Å². The molecule has 1 heterocycles. The molecule has 2 aliphatic rings. The van der Waals surface area contributed by atoms with E-state index in [1.165, 1.54) is 30.4 Å². The van der Waals surface area contributed by atoms with Crippen molar-refractivity contribution >= 4 is 5.57 Å². The van der Waals surface area contributed by atoms with E-state index in [2.05, 4.69) is 43.0 Å². The molecule has 0 amide bonds. The van der Waals surface area contributed by atoms with Crippen LogP contribution in [0.4, 0.5) is 0 Å². The Labute approximate surface area is 153 Å². The zero-order chi connectivity index (χ0) is 17.7. The molecule has 0 bridgehead atoms. The van der Waals surface area contributed by atoms with Gasteiger partial charge in [-0.1, -0.05) is 43.7 Å². The van der Waals surface area contributed by atoms with Gasteiger partial charge in [-0.05, 0) is 48.3 Å². The number of allylic oxidation sites excluding steroid dienone is 1. The van der Waals surface area contributed by atoms with Crippen molar-refractivity contribution in [2.24, 2.45) is 5.41 Å². The highest BCUT2D eigenvalue weighted by atomic mass is 16.5. The van der Waals surface area contributed by atoms with Crippen LogP contribution in [0.15, 0.2) is 29.8 Å². The lowest BCUT2D eigenvalue weighted by Gasteiger charge is -2.32. The molecule has 0 unspecified atom stereocenters. The normalized spacial score (nSPS) is 20.1. The highest BCUT2D eigenvalue weighted by Crippen LogP contribution is 2.49. The van der Waals surface area contributed by atoms with Crippen molar-refractivity contribution in [2.75, 3.05) is 46.1 Å². The van der Waals surface area contributed by atoms with Crippen molar-refractivity contribution in [3.8, 4) is 0 Å². The number of nitrogens with zero attached hydrogens (tertiary/aromatic N) is 1. The van der Waals surface area contributed by atoms with E-state index in [4.69, 9.17) is 9.47 Å². The number of fused-ring (bicyclic) bond motifs is 1. The summed E-state index contributed by atoms with van der Waals surface area (Å²) in [6.07, 6.45) is 3.58. The lowest BCUT2D eigenvalue weighted by atomic mass is 9.80. The molecule has 3 heteroatoms. The van der Waals surface area contributed by atoms with Crippen LogP contribution in [0.3, 0.4) is 0 Å². The van der Waals surface area contributed by atoms with Crippen LogP contribution in [0.25, 0.3) is 5.57 Å². The van der Waals surface area contributed by atoms with E-state index in [-0.39, 0.29) is 5.41 Å². The summed E-state index contributed by atoms with van der Waals surface area (Å²) in [6.45, 7) is 13.2. The van der Waals surface area contributed by atoms with Crippen LogP contribution in [-0.2, 0) is 15.9 Å². The molecule has 0 radical (unpaired) electrons. The first kappa shape index (κ1) is 18.6. The lowest BCUT2D eigenvalue weighted by molar-refractivity contribution is 0.0419. The topological polar surface area (TPSA) is 21.7 Å². The molecule has 25 heavy (non-hydrogen) atoms. The smallest absolute Gasteiger partial charge is 0.0701 e. The van der Waals surface area contributed by atoms with Gasteiger partial charge in [-0.2, -0.15) is 0 Å². The van der Waals surface area contributed by atoms with Crippen LogP contribution >= 0.6 is 0 Å². The number of rotatable bonds is 7. The van der Waals surface area contributed by atoms with Crippen LogP contribution in [0, 0.1) is 5.41 Å². The van der Waals surface area contributed by atoms with E-state index >= 15 is 0 Å². The second-order valence-electron chi connectivity index (χ2n) is 7.85. The highest BCUT2D eigenvalue weighted by molar-refractivity contribution is 5.79. The highest BCUT2D eigenvalue weighted by Gasteiger charge is 2.35. The number of hydrogen-bond acceptors (Lipinski definition) is 3. The minimum Gasteiger partial charge on any atom is -0.379 e. The van der Waals surface area contributed by atoms with Crippen molar-refractivity contribution in [2.45, 2.75) is 40.0 Å². The molecular weight excluding hydrogens is 310 g/mol. The Hall–Kier alpha value is -1.16. The third-order valence-corrected chi connectivity index (χ3v) is 5.54. The van der Waals surface area contributed by atoms with Gasteiger partial charge in [0.2, 0.25) is 0 Å². The number of ether oxygens (including phenoxy) is 2. The number of hydrogen-bond donors (Lipinski definition) is 0. The fourth-order valence-electron chi connectivity index (χ4n) is 4.37. The maximum Gasteiger partial charge on any atom is 0.0701 e. The fraction of sp³-hybridized carbons (Fsp3) is 0.636. The van der Waals surface area contributed by atoms with Crippen molar-refractivity contribution < 1.29 is 9.47 Å². The maximum atomic E-state index is 5.67. The van der Waals surface area contributed by atoms with Crippen LogP contribution < -0.4 is 0 Å². The molecule has 3 nitrogen and oxygen atoms in total. The van der Waals surface area contributed by atoms with E-state index in [9.17, 15) is 0 Å². The first-order valence-electron chi connectivity index (χ1n) is 9.80. The van der Waals surface area contributed by atoms with Crippen LogP contribution in [0.2, 0.25) is 0 Å². The Kier molecular flexibility index (Phi) is 6.32. The summed E-state index contributed by atoms with van der Waals surface area (Å²) in [5.41, 5.74) is 6.64. The molecule has 1 aliphatic heterocycles. The summed E-state index contributed by atoms with van der Waals surface area (Å²) in [5, 5.41) is 0. The number of benzene rings is 1. The molecule has 1 fully saturated rings. The second-order valence-corrected chi connectivity index (χ2v) is 7.85. The molecule has 3 rings (SSSR count). The summed E-state index contributed by atoms with van der Waals surface area (Å²) in [4.78, 5) is 2.54. The Morgan fingerprint density at radius 2 is 1.72 bits per heavy atom. The lowest BCUT2D eigenvalue weighted by Crippen LogP contribution is -2.34. The maximum absolute atomic E-state index is 5.67. The van der Waals surface area contributed by atoms with Gasteiger partial charge in [-0.15, -0.1) is 0 Å². The zero-order valence-electron chi connectivity index (χ0n) is 16.1. The Morgan fingerprint density at radius 3 is 2.48 bits per heavy atom. The van der Waals surface area contributed by atoms with Crippen molar-refractivity contribution in [1.29, 1.82) is 0 Å². The first-order chi connectivity index (χ1) is 12.1. The van der Waals surface area contributed by atoms with Gasteiger partial charge in [-0.3, -0.25) is 0 Å². The predicted molar refractivity (Wildman–Crippen MR) is 104 cm³/mol. The summed E-state index contributed by atoms with van der Waals surface area (Å²) in [6, 6.07) is 9.00. The summed E-state index contributed by atoms with van der Waals surface area (Å²) >= 11 is 0. The molecule has 0 aromatic heterocycles. The van der Waals surface area contributed by atoms with Gasteiger partial charge in [-0.25, -0.2) is 0 Å². The molecule has 1 aromatic carbocycles. The fourth-order valence-corrected chi connectivity index (χ4v) is 4.37. The molecule has 1 saturated heterocycles. The molecule has 138 valence electrons.